The Morgan fingerprint density at radius 3 is 2.13 bits per heavy atom. The van der Waals surface area contributed by atoms with Crippen LogP contribution >= 0.6 is 33.2 Å². The lowest BCUT2D eigenvalue weighted by molar-refractivity contribution is -0.136. The number of anilines is 1. The van der Waals surface area contributed by atoms with Gasteiger partial charge in [-0.1, -0.05) is 101 Å². The number of aromatic nitrogens is 1. The number of nitrogens with one attached hydrogen (secondary N) is 2. The fourth-order valence-electron chi connectivity index (χ4n) is 10.7. The Kier molecular flexibility index (Phi) is 14.0. The highest BCUT2D eigenvalue weighted by Crippen LogP contribution is 2.48. The quantitative estimate of drug-likeness (QED) is 0.0609. The molecule has 4 amide bonds. The van der Waals surface area contributed by atoms with Crippen molar-refractivity contribution in [2.75, 3.05) is 76.4 Å². The molecular formula is C53H54ClN5O9S2. The molecule has 4 aliphatic rings. The van der Waals surface area contributed by atoms with Crippen molar-refractivity contribution in [1.29, 1.82) is 0 Å². The SMILES string of the molecule is COc1cc2cc(C(=O)N3C[C@@H](CCl)c4c3cc(OC(=O)N3CCN(C(=O)CCCCCNC(=O)OCC5c6ccccc6-c6ccccc65)[C@@H]5CSSC[C@H]53)c3ccccc43)[nH]c2c(OC)c1OC. The average Bonchev–Trinajstić information content (AvgIpc) is 4.10. The van der Waals surface area contributed by atoms with Crippen LogP contribution in [0.1, 0.15) is 64.7 Å². The van der Waals surface area contributed by atoms with Gasteiger partial charge in [-0.15, -0.1) is 11.6 Å². The van der Waals surface area contributed by atoms with Crippen LogP contribution in [0.5, 0.6) is 23.0 Å². The van der Waals surface area contributed by atoms with E-state index in [9.17, 15) is 19.2 Å². The molecule has 2 N–H and O–H groups in total. The summed E-state index contributed by atoms with van der Waals surface area (Å²) in [4.78, 5) is 64.1. The van der Waals surface area contributed by atoms with Crippen LogP contribution in [0, 0.1) is 0 Å². The molecule has 3 aliphatic heterocycles. The molecule has 0 saturated carbocycles. The Labute approximate surface area is 419 Å². The molecule has 0 bridgehead atoms. The number of carbonyl (C=O) groups is 4. The van der Waals surface area contributed by atoms with Gasteiger partial charge in [-0.05, 0) is 58.2 Å². The number of hydrogen-bond acceptors (Lipinski definition) is 11. The summed E-state index contributed by atoms with van der Waals surface area (Å²) in [5.41, 5.74) is 7.14. The summed E-state index contributed by atoms with van der Waals surface area (Å²) in [7, 11) is 8.00. The van der Waals surface area contributed by atoms with Crippen molar-refractivity contribution in [2.24, 2.45) is 0 Å². The van der Waals surface area contributed by atoms with Gasteiger partial charge in [0.15, 0.2) is 11.5 Å². The summed E-state index contributed by atoms with van der Waals surface area (Å²) in [6.07, 6.45) is 1.60. The molecular weight excluding hydrogens is 950 g/mol. The second kappa shape index (κ2) is 20.6. The van der Waals surface area contributed by atoms with E-state index in [1.807, 2.05) is 53.4 Å². The monoisotopic (exact) mass is 1000 g/mol. The van der Waals surface area contributed by atoms with Crippen molar-refractivity contribution in [3.05, 3.63) is 113 Å². The number of nitrogens with zero attached hydrogens (tertiary/aromatic N) is 3. The average molecular weight is 1000 g/mol. The Morgan fingerprint density at radius 1 is 0.757 bits per heavy atom. The first-order chi connectivity index (χ1) is 34.2. The highest BCUT2D eigenvalue weighted by Gasteiger charge is 2.44. The molecule has 2 saturated heterocycles. The van der Waals surface area contributed by atoms with Gasteiger partial charge < -0.3 is 48.7 Å². The Bertz CT molecular complexity index is 2940. The Morgan fingerprint density at radius 2 is 1.43 bits per heavy atom. The lowest BCUT2D eigenvalue weighted by Gasteiger charge is -2.48. The second-order valence-electron chi connectivity index (χ2n) is 17.8. The van der Waals surface area contributed by atoms with E-state index in [1.54, 1.807) is 56.7 Å². The van der Waals surface area contributed by atoms with Gasteiger partial charge in [-0.2, -0.15) is 0 Å². The fourth-order valence-corrected chi connectivity index (χ4v) is 13.6. The minimum absolute atomic E-state index is 0.00109. The molecule has 17 heteroatoms. The number of H-pyrrole nitrogens is 1. The predicted molar refractivity (Wildman–Crippen MR) is 276 cm³/mol. The number of halogens is 1. The first-order valence-electron chi connectivity index (χ1n) is 23.6. The van der Waals surface area contributed by atoms with Gasteiger partial charge in [0.05, 0.1) is 44.6 Å². The van der Waals surface area contributed by atoms with Crippen LogP contribution in [0.15, 0.2) is 91.0 Å². The number of fused-ring (bicyclic) bond motifs is 8. The summed E-state index contributed by atoms with van der Waals surface area (Å²) < 4.78 is 28.9. The highest BCUT2D eigenvalue weighted by atomic mass is 35.5. The maximum Gasteiger partial charge on any atom is 0.415 e. The molecule has 70 heavy (non-hydrogen) atoms. The van der Waals surface area contributed by atoms with E-state index in [1.165, 1.54) is 36.5 Å². The van der Waals surface area contributed by atoms with Gasteiger partial charge in [-0.25, -0.2) is 9.59 Å². The van der Waals surface area contributed by atoms with Crippen molar-refractivity contribution in [3.63, 3.8) is 0 Å². The topological polar surface area (TPSA) is 152 Å². The zero-order valence-electron chi connectivity index (χ0n) is 39.2. The first-order valence-corrected chi connectivity index (χ1v) is 26.6. The third-order valence-corrected chi connectivity index (χ3v) is 16.8. The van der Waals surface area contributed by atoms with E-state index >= 15 is 0 Å². The van der Waals surface area contributed by atoms with E-state index in [0.29, 0.717) is 95.8 Å². The number of unbranched alkanes of at least 4 members (excludes halogenated alkanes) is 2. The van der Waals surface area contributed by atoms with Gasteiger partial charge in [0.2, 0.25) is 11.7 Å². The molecule has 10 rings (SSSR count). The number of methoxy groups -OCH3 is 3. The third-order valence-electron chi connectivity index (χ3n) is 14.0. The van der Waals surface area contributed by atoms with Crippen molar-refractivity contribution >= 4 is 84.6 Å². The minimum Gasteiger partial charge on any atom is -0.493 e. The molecule has 0 unspecified atom stereocenters. The van der Waals surface area contributed by atoms with Gasteiger partial charge in [0.25, 0.3) is 5.91 Å². The second-order valence-corrected chi connectivity index (χ2v) is 20.7. The molecule has 6 aromatic rings. The lowest BCUT2D eigenvalue weighted by Crippen LogP contribution is -2.65. The van der Waals surface area contributed by atoms with E-state index in [-0.39, 0.29) is 48.2 Å². The summed E-state index contributed by atoms with van der Waals surface area (Å²) in [5, 5.41) is 5.18. The highest BCUT2D eigenvalue weighted by molar-refractivity contribution is 8.76. The number of benzene rings is 5. The van der Waals surface area contributed by atoms with Crippen LogP contribution in [0.3, 0.4) is 0 Å². The number of alkyl carbamates (subject to hydrolysis) is 1. The molecule has 0 radical (unpaired) electrons. The van der Waals surface area contributed by atoms with Crippen LogP contribution in [-0.2, 0) is 9.53 Å². The lowest BCUT2D eigenvalue weighted by atomic mass is 9.95. The van der Waals surface area contributed by atoms with Crippen LogP contribution < -0.4 is 29.2 Å². The molecule has 4 heterocycles. The molecule has 364 valence electrons. The minimum atomic E-state index is -0.501. The molecule has 3 atom stereocenters. The Balaban J connectivity index is 0.767. The summed E-state index contributed by atoms with van der Waals surface area (Å²) in [6.45, 7) is 1.75. The summed E-state index contributed by atoms with van der Waals surface area (Å²) in [6, 6.07) is 29.2. The number of hydrogen-bond donors (Lipinski definition) is 2. The van der Waals surface area contributed by atoms with Crippen molar-refractivity contribution in [1.82, 2.24) is 20.1 Å². The van der Waals surface area contributed by atoms with E-state index in [0.717, 1.165) is 29.2 Å². The number of amides is 4. The van der Waals surface area contributed by atoms with Crippen molar-refractivity contribution in [3.8, 4) is 34.1 Å². The zero-order chi connectivity index (χ0) is 48.5. The normalized spacial score (nSPS) is 18.2. The van der Waals surface area contributed by atoms with E-state index in [4.69, 9.17) is 35.3 Å². The number of aromatic amines is 1. The van der Waals surface area contributed by atoms with E-state index in [2.05, 4.69) is 34.6 Å². The van der Waals surface area contributed by atoms with E-state index < -0.39 is 12.2 Å². The van der Waals surface area contributed by atoms with Crippen molar-refractivity contribution < 1.29 is 42.9 Å². The number of carbonyl (C=O) groups excluding carboxylic acids is 4. The molecule has 14 nitrogen and oxygen atoms in total. The smallest absolute Gasteiger partial charge is 0.415 e. The largest absolute Gasteiger partial charge is 0.493 e. The maximum absolute atomic E-state index is 14.5. The zero-order valence-corrected chi connectivity index (χ0v) is 41.6. The van der Waals surface area contributed by atoms with Crippen LogP contribution in [0.2, 0.25) is 0 Å². The van der Waals surface area contributed by atoms with Gasteiger partial charge in [0, 0.05) is 78.7 Å². The summed E-state index contributed by atoms with van der Waals surface area (Å²) in [5.74, 6) is 2.82. The van der Waals surface area contributed by atoms with Crippen LogP contribution in [0.4, 0.5) is 15.3 Å². The molecule has 2 fully saturated rings. The number of rotatable bonds is 14. The number of piperazine rings is 1. The number of alkyl halides is 1. The molecule has 1 aromatic heterocycles. The predicted octanol–water partition coefficient (Wildman–Crippen LogP) is 10.2. The first kappa shape index (κ1) is 47.4. The summed E-state index contributed by atoms with van der Waals surface area (Å²) >= 11 is 6.62. The fraction of sp³-hybridized carbons (Fsp3) is 0.358. The Hall–Kier alpha value is -6.23. The standard InChI is InChI=1S/C53H54ClN5O9S2/c1-64-45-24-31-23-40(56-48(31)50(66-3)49(45)65-2)51(61)59-27-32(26-54)47-38-18-11-10-17-37(38)44(25-41(47)59)68-53(63)58-22-21-57(42-29-69-70-30-43(42)58)46(60)19-5-4-12-20-55-52(62)67-28-39-35-15-8-6-13-33(35)34-14-7-9-16-36(34)39/h6-11,13-18,23-25,32,39,42-43,56H,4-5,12,19-22,26-30H2,1-3H3,(H,55,62)/t32-,42-,43-/m1/s1. The molecule has 1 aliphatic carbocycles. The van der Waals surface area contributed by atoms with Crippen LogP contribution in [0.25, 0.3) is 32.8 Å². The molecule has 5 aromatic carbocycles. The third kappa shape index (κ3) is 8.83. The maximum atomic E-state index is 14.5. The van der Waals surface area contributed by atoms with Crippen molar-refractivity contribution in [2.45, 2.75) is 49.6 Å². The van der Waals surface area contributed by atoms with Crippen LogP contribution in [-0.4, -0.2) is 122 Å². The molecule has 0 spiro atoms. The van der Waals surface area contributed by atoms with Gasteiger partial charge in [0.1, 0.15) is 18.1 Å². The number of ether oxygens (including phenoxy) is 5. The van der Waals surface area contributed by atoms with Gasteiger partial charge in [-0.3, -0.25) is 9.59 Å². The van der Waals surface area contributed by atoms with Gasteiger partial charge >= 0.3 is 12.2 Å².